The average Bonchev–Trinajstić information content (AvgIpc) is 2.59. The summed E-state index contributed by atoms with van der Waals surface area (Å²) in [6.45, 7) is 6.77. The fraction of sp³-hybridized carbons (Fsp3) is 0.300. The smallest absolute Gasteiger partial charge is 0.347 e. The normalized spacial score (nSPS) is 12.8. The lowest BCUT2D eigenvalue weighted by Crippen LogP contribution is -2.35. The predicted octanol–water partition coefficient (Wildman–Crippen LogP) is 3.78. The van der Waals surface area contributed by atoms with E-state index in [0.717, 1.165) is 11.1 Å². The molecule has 6 heteroatoms. The van der Waals surface area contributed by atoms with Crippen LogP contribution in [0.1, 0.15) is 25.0 Å². The highest BCUT2D eigenvalue weighted by Gasteiger charge is 2.24. The molecule has 0 fully saturated rings. The summed E-state index contributed by atoms with van der Waals surface area (Å²) in [5, 5.41) is 2.78. The van der Waals surface area contributed by atoms with Crippen LogP contribution in [-0.4, -0.2) is 24.1 Å². The lowest BCUT2D eigenvalue weighted by Gasteiger charge is -2.19. The van der Waals surface area contributed by atoms with Gasteiger partial charge in [0.05, 0.1) is 0 Å². The number of rotatable bonds is 6. The summed E-state index contributed by atoms with van der Waals surface area (Å²) >= 11 is 0. The topological polar surface area (TPSA) is 64.6 Å². The number of carbonyl (C=O) groups excluding carboxylic acids is 2. The Morgan fingerprint density at radius 2 is 1.54 bits per heavy atom. The maximum atomic E-state index is 12.9. The quantitative estimate of drug-likeness (QED) is 0.797. The SMILES string of the molecule is Cc1cccc(C)c1NC(=O)[C@H](C)OC(=O)[C@@H](C)Oc1ccc(F)cc1. The second-order valence-electron chi connectivity index (χ2n) is 6.05. The van der Waals surface area contributed by atoms with Gasteiger partial charge in [0, 0.05) is 5.69 Å². The molecule has 26 heavy (non-hydrogen) atoms. The van der Waals surface area contributed by atoms with Gasteiger partial charge in [0.15, 0.2) is 12.2 Å². The largest absolute Gasteiger partial charge is 0.479 e. The molecule has 0 saturated heterocycles. The number of para-hydroxylation sites is 1. The van der Waals surface area contributed by atoms with Gasteiger partial charge in [-0.3, -0.25) is 4.79 Å². The van der Waals surface area contributed by atoms with E-state index < -0.39 is 29.9 Å². The molecular weight excluding hydrogens is 337 g/mol. The Bertz CT molecular complexity index is 769. The first-order valence-electron chi connectivity index (χ1n) is 8.27. The first-order chi connectivity index (χ1) is 12.3. The van der Waals surface area contributed by atoms with Gasteiger partial charge in [-0.05, 0) is 63.1 Å². The van der Waals surface area contributed by atoms with E-state index in [4.69, 9.17) is 9.47 Å². The van der Waals surface area contributed by atoms with Gasteiger partial charge in [0.1, 0.15) is 11.6 Å². The molecule has 0 bridgehead atoms. The van der Waals surface area contributed by atoms with Crippen molar-refractivity contribution in [3.05, 3.63) is 59.4 Å². The van der Waals surface area contributed by atoms with E-state index in [2.05, 4.69) is 5.32 Å². The summed E-state index contributed by atoms with van der Waals surface area (Å²) in [5.41, 5.74) is 2.55. The molecule has 2 aromatic rings. The first-order valence-corrected chi connectivity index (χ1v) is 8.27. The Balaban J connectivity index is 1.93. The van der Waals surface area contributed by atoms with Crippen molar-refractivity contribution in [3.8, 4) is 5.75 Å². The summed E-state index contributed by atoms with van der Waals surface area (Å²) in [6, 6.07) is 11.0. The second-order valence-corrected chi connectivity index (χ2v) is 6.05. The molecular formula is C20H22FNO4. The van der Waals surface area contributed by atoms with E-state index >= 15 is 0 Å². The van der Waals surface area contributed by atoms with E-state index in [1.165, 1.54) is 38.1 Å². The number of esters is 1. The van der Waals surface area contributed by atoms with Crippen LogP contribution in [-0.2, 0) is 14.3 Å². The van der Waals surface area contributed by atoms with Crippen LogP contribution in [0.2, 0.25) is 0 Å². The zero-order chi connectivity index (χ0) is 19.3. The third-order valence-corrected chi connectivity index (χ3v) is 3.85. The molecule has 0 aliphatic rings. The Labute approximate surface area is 152 Å². The highest BCUT2D eigenvalue weighted by atomic mass is 19.1. The van der Waals surface area contributed by atoms with E-state index in [9.17, 15) is 14.0 Å². The number of ether oxygens (including phenoxy) is 2. The van der Waals surface area contributed by atoms with Gasteiger partial charge in [0.2, 0.25) is 0 Å². The zero-order valence-electron chi connectivity index (χ0n) is 15.2. The molecule has 0 spiro atoms. The van der Waals surface area contributed by atoms with Gasteiger partial charge in [-0.15, -0.1) is 0 Å². The molecule has 2 rings (SSSR count). The Kier molecular flexibility index (Phi) is 6.33. The highest BCUT2D eigenvalue weighted by Crippen LogP contribution is 2.20. The lowest BCUT2D eigenvalue weighted by molar-refractivity contribution is -0.159. The zero-order valence-corrected chi connectivity index (χ0v) is 15.2. The van der Waals surface area contributed by atoms with Crippen LogP contribution in [0, 0.1) is 19.7 Å². The van der Waals surface area contributed by atoms with Crippen molar-refractivity contribution in [1.82, 2.24) is 0 Å². The summed E-state index contributed by atoms with van der Waals surface area (Å²) in [4.78, 5) is 24.4. The monoisotopic (exact) mass is 359 g/mol. The molecule has 0 unspecified atom stereocenters. The van der Waals surface area contributed by atoms with Crippen molar-refractivity contribution < 1.29 is 23.5 Å². The number of halogens is 1. The standard InChI is InChI=1S/C20H22FNO4/c1-12-6-5-7-13(2)18(12)22-19(23)14(3)26-20(24)15(4)25-17-10-8-16(21)9-11-17/h5-11,14-15H,1-4H3,(H,22,23)/t14-,15+/m0/s1. The second kappa shape index (κ2) is 8.47. The molecule has 5 nitrogen and oxygen atoms in total. The van der Waals surface area contributed by atoms with E-state index in [1.54, 1.807) is 0 Å². The number of hydrogen-bond donors (Lipinski definition) is 1. The van der Waals surface area contributed by atoms with Gasteiger partial charge in [-0.1, -0.05) is 18.2 Å². The summed E-state index contributed by atoms with van der Waals surface area (Å²) < 4.78 is 23.5. The van der Waals surface area contributed by atoms with Crippen molar-refractivity contribution in [2.75, 3.05) is 5.32 Å². The Morgan fingerprint density at radius 1 is 0.962 bits per heavy atom. The maximum absolute atomic E-state index is 12.9. The van der Waals surface area contributed by atoms with Gasteiger partial charge < -0.3 is 14.8 Å². The van der Waals surface area contributed by atoms with Gasteiger partial charge in [0.25, 0.3) is 5.91 Å². The molecule has 1 N–H and O–H groups in total. The Hall–Kier alpha value is -2.89. The highest BCUT2D eigenvalue weighted by molar-refractivity contribution is 5.96. The fourth-order valence-corrected chi connectivity index (χ4v) is 2.33. The minimum absolute atomic E-state index is 0.337. The molecule has 2 aromatic carbocycles. The molecule has 0 aliphatic carbocycles. The van der Waals surface area contributed by atoms with E-state index in [0.29, 0.717) is 11.4 Å². The van der Waals surface area contributed by atoms with Crippen LogP contribution in [0.3, 0.4) is 0 Å². The van der Waals surface area contributed by atoms with Gasteiger partial charge in [-0.25, -0.2) is 9.18 Å². The fourth-order valence-electron chi connectivity index (χ4n) is 2.33. The number of amides is 1. The summed E-state index contributed by atoms with van der Waals surface area (Å²) in [6.07, 6.45) is -1.92. The molecule has 0 heterocycles. The molecule has 138 valence electrons. The molecule has 1 amide bonds. The maximum Gasteiger partial charge on any atom is 0.347 e. The lowest BCUT2D eigenvalue weighted by atomic mass is 10.1. The number of benzene rings is 2. The van der Waals surface area contributed by atoms with Crippen molar-refractivity contribution in [2.45, 2.75) is 39.9 Å². The average molecular weight is 359 g/mol. The third-order valence-electron chi connectivity index (χ3n) is 3.85. The molecule has 0 saturated carbocycles. The van der Waals surface area contributed by atoms with Crippen LogP contribution in [0.15, 0.2) is 42.5 Å². The number of nitrogens with one attached hydrogen (secondary N) is 1. The van der Waals surface area contributed by atoms with Crippen LogP contribution in [0.25, 0.3) is 0 Å². The Morgan fingerprint density at radius 3 is 2.12 bits per heavy atom. The van der Waals surface area contributed by atoms with Gasteiger partial charge in [-0.2, -0.15) is 0 Å². The van der Waals surface area contributed by atoms with E-state index in [1.807, 2.05) is 32.0 Å². The summed E-state index contributed by atoms with van der Waals surface area (Å²) in [7, 11) is 0. The van der Waals surface area contributed by atoms with Crippen LogP contribution in [0.4, 0.5) is 10.1 Å². The van der Waals surface area contributed by atoms with Crippen molar-refractivity contribution in [1.29, 1.82) is 0 Å². The number of anilines is 1. The minimum atomic E-state index is -0.985. The predicted molar refractivity (Wildman–Crippen MR) is 96.6 cm³/mol. The minimum Gasteiger partial charge on any atom is -0.479 e. The molecule has 0 aliphatic heterocycles. The van der Waals surface area contributed by atoms with E-state index in [-0.39, 0.29) is 0 Å². The molecule has 0 radical (unpaired) electrons. The van der Waals surface area contributed by atoms with Gasteiger partial charge >= 0.3 is 5.97 Å². The van der Waals surface area contributed by atoms with Crippen LogP contribution < -0.4 is 10.1 Å². The van der Waals surface area contributed by atoms with Crippen LogP contribution >= 0.6 is 0 Å². The molecule has 2 atom stereocenters. The van der Waals surface area contributed by atoms with Crippen molar-refractivity contribution >= 4 is 17.6 Å². The molecule has 0 aromatic heterocycles. The van der Waals surface area contributed by atoms with Crippen molar-refractivity contribution in [2.24, 2.45) is 0 Å². The number of aryl methyl sites for hydroxylation is 2. The number of carbonyl (C=O) groups is 2. The van der Waals surface area contributed by atoms with Crippen molar-refractivity contribution in [3.63, 3.8) is 0 Å². The summed E-state index contributed by atoms with van der Waals surface area (Å²) in [5.74, 6) is -1.17. The first kappa shape index (κ1) is 19.4. The number of hydrogen-bond acceptors (Lipinski definition) is 4. The van der Waals surface area contributed by atoms with Crippen LogP contribution in [0.5, 0.6) is 5.75 Å². The third kappa shape index (κ3) is 5.05.